The SMILES string of the molecule is O=C1Nc2ccccc2C1=Cc1csc(-c2ccccn2)n1. The number of fused-ring (bicyclic) bond motifs is 1. The maximum Gasteiger partial charge on any atom is 0.256 e. The van der Waals surface area contributed by atoms with E-state index in [9.17, 15) is 4.79 Å². The molecule has 1 aliphatic heterocycles. The normalized spacial score (nSPS) is 14.9. The highest BCUT2D eigenvalue weighted by molar-refractivity contribution is 7.13. The Balaban J connectivity index is 1.72. The van der Waals surface area contributed by atoms with Gasteiger partial charge in [0.15, 0.2) is 0 Å². The van der Waals surface area contributed by atoms with Crippen molar-refractivity contribution < 1.29 is 4.79 Å². The number of rotatable bonds is 2. The van der Waals surface area contributed by atoms with E-state index in [2.05, 4.69) is 15.3 Å². The predicted molar refractivity (Wildman–Crippen MR) is 88.3 cm³/mol. The number of amides is 1. The average Bonchev–Trinajstić information content (AvgIpc) is 3.14. The highest BCUT2D eigenvalue weighted by Crippen LogP contribution is 2.33. The second-order valence-electron chi connectivity index (χ2n) is 4.85. The van der Waals surface area contributed by atoms with E-state index >= 15 is 0 Å². The van der Waals surface area contributed by atoms with Crippen molar-refractivity contribution >= 4 is 34.6 Å². The molecule has 22 heavy (non-hydrogen) atoms. The van der Waals surface area contributed by atoms with Crippen LogP contribution in [0.25, 0.3) is 22.4 Å². The summed E-state index contributed by atoms with van der Waals surface area (Å²) in [6.07, 6.45) is 3.57. The Morgan fingerprint density at radius 3 is 2.82 bits per heavy atom. The summed E-state index contributed by atoms with van der Waals surface area (Å²) in [5.74, 6) is -0.0893. The van der Waals surface area contributed by atoms with Crippen LogP contribution in [0.3, 0.4) is 0 Å². The summed E-state index contributed by atoms with van der Waals surface area (Å²) in [4.78, 5) is 20.9. The maximum absolute atomic E-state index is 12.1. The zero-order valence-electron chi connectivity index (χ0n) is 11.5. The Bertz CT molecular complexity index is 884. The van der Waals surface area contributed by atoms with Crippen LogP contribution in [-0.2, 0) is 4.79 Å². The van der Waals surface area contributed by atoms with Crippen LogP contribution >= 0.6 is 11.3 Å². The molecule has 4 nitrogen and oxygen atoms in total. The molecule has 0 saturated heterocycles. The zero-order chi connectivity index (χ0) is 14.9. The second kappa shape index (κ2) is 5.20. The number of hydrogen-bond acceptors (Lipinski definition) is 4. The molecule has 0 aliphatic carbocycles. The second-order valence-corrected chi connectivity index (χ2v) is 5.71. The molecule has 1 aromatic carbocycles. The van der Waals surface area contributed by atoms with E-state index in [4.69, 9.17) is 0 Å². The molecule has 1 aliphatic rings. The van der Waals surface area contributed by atoms with Crippen molar-refractivity contribution in [2.45, 2.75) is 0 Å². The van der Waals surface area contributed by atoms with Crippen molar-refractivity contribution in [3.8, 4) is 10.7 Å². The quantitative estimate of drug-likeness (QED) is 0.735. The van der Waals surface area contributed by atoms with Crippen LogP contribution in [0.5, 0.6) is 0 Å². The smallest absolute Gasteiger partial charge is 0.256 e. The Morgan fingerprint density at radius 2 is 1.95 bits per heavy atom. The number of benzene rings is 1. The number of carbonyl (C=O) groups is 1. The molecule has 0 atom stereocenters. The van der Waals surface area contributed by atoms with Gasteiger partial charge in [0.05, 0.1) is 17.0 Å². The first-order valence-corrected chi connectivity index (χ1v) is 7.68. The lowest BCUT2D eigenvalue weighted by molar-refractivity contribution is -0.110. The molecule has 0 radical (unpaired) electrons. The molecule has 0 bridgehead atoms. The van der Waals surface area contributed by atoms with Gasteiger partial charge in [-0.1, -0.05) is 24.3 Å². The molecule has 0 unspecified atom stereocenters. The van der Waals surface area contributed by atoms with E-state index in [1.54, 1.807) is 6.20 Å². The first-order chi connectivity index (χ1) is 10.8. The van der Waals surface area contributed by atoms with Crippen molar-refractivity contribution in [2.75, 3.05) is 5.32 Å². The fourth-order valence-electron chi connectivity index (χ4n) is 2.39. The van der Waals surface area contributed by atoms with Crippen LogP contribution in [0, 0.1) is 0 Å². The summed E-state index contributed by atoms with van der Waals surface area (Å²) in [5, 5.41) is 5.64. The lowest BCUT2D eigenvalue weighted by Crippen LogP contribution is -2.03. The fraction of sp³-hybridized carbons (Fsp3) is 0. The minimum Gasteiger partial charge on any atom is -0.321 e. The first kappa shape index (κ1) is 12.9. The molecule has 1 N–H and O–H groups in total. The molecule has 3 aromatic rings. The van der Waals surface area contributed by atoms with Gasteiger partial charge in [0.1, 0.15) is 5.01 Å². The zero-order valence-corrected chi connectivity index (χ0v) is 12.3. The highest BCUT2D eigenvalue weighted by atomic mass is 32.1. The third-order valence-electron chi connectivity index (χ3n) is 3.41. The summed E-state index contributed by atoms with van der Waals surface area (Å²) in [7, 11) is 0. The van der Waals surface area contributed by atoms with Crippen LogP contribution < -0.4 is 5.32 Å². The van der Waals surface area contributed by atoms with Gasteiger partial charge in [-0.2, -0.15) is 0 Å². The Labute approximate surface area is 131 Å². The Kier molecular flexibility index (Phi) is 3.05. The van der Waals surface area contributed by atoms with Gasteiger partial charge in [0.2, 0.25) is 0 Å². The summed E-state index contributed by atoms with van der Waals surface area (Å²) < 4.78 is 0. The molecule has 0 saturated carbocycles. The van der Waals surface area contributed by atoms with Crippen LogP contribution in [0.4, 0.5) is 5.69 Å². The Morgan fingerprint density at radius 1 is 1.09 bits per heavy atom. The van der Waals surface area contributed by atoms with E-state index in [1.807, 2.05) is 53.9 Å². The molecule has 0 spiro atoms. The standard InChI is InChI=1S/C17H11N3OS/c21-16-13(12-5-1-2-6-14(12)20-16)9-11-10-22-17(19-11)15-7-3-4-8-18-15/h1-10H,(H,20,21). The van der Waals surface area contributed by atoms with Gasteiger partial charge in [-0.25, -0.2) is 4.98 Å². The molecule has 3 heterocycles. The molecular formula is C17H11N3OS. The van der Waals surface area contributed by atoms with E-state index in [0.29, 0.717) is 5.57 Å². The third-order valence-corrected chi connectivity index (χ3v) is 4.29. The number of nitrogens with zero attached hydrogens (tertiary/aromatic N) is 2. The summed E-state index contributed by atoms with van der Waals surface area (Å²) in [6.45, 7) is 0. The number of carbonyl (C=O) groups excluding carboxylic acids is 1. The van der Waals surface area contributed by atoms with Gasteiger partial charge in [0, 0.05) is 22.8 Å². The number of anilines is 1. The third kappa shape index (κ3) is 2.21. The van der Waals surface area contributed by atoms with Crippen molar-refractivity contribution in [3.05, 3.63) is 65.3 Å². The largest absolute Gasteiger partial charge is 0.321 e. The maximum atomic E-state index is 12.1. The number of hydrogen-bond donors (Lipinski definition) is 1. The number of nitrogens with one attached hydrogen (secondary N) is 1. The van der Waals surface area contributed by atoms with Crippen LogP contribution in [0.2, 0.25) is 0 Å². The topological polar surface area (TPSA) is 54.9 Å². The lowest BCUT2D eigenvalue weighted by Gasteiger charge is -1.96. The molecular weight excluding hydrogens is 294 g/mol. The molecule has 5 heteroatoms. The summed E-state index contributed by atoms with van der Waals surface area (Å²) in [6, 6.07) is 13.4. The predicted octanol–water partition coefficient (Wildman–Crippen LogP) is 3.70. The lowest BCUT2D eigenvalue weighted by atomic mass is 10.1. The molecule has 106 valence electrons. The summed E-state index contributed by atoms with van der Waals surface area (Å²) >= 11 is 1.52. The summed E-state index contributed by atoms with van der Waals surface area (Å²) in [5.41, 5.74) is 4.02. The van der Waals surface area contributed by atoms with Gasteiger partial charge in [-0.05, 0) is 24.3 Å². The minimum absolute atomic E-state index is 0.0893. The molecule has 4 rings (SSSR count). The molecule has 0 fully saturated rings. The average molecular weight is 305 g/mol. The van der Waals surface area contributed by atoms with E-state index < -0.39 is 0 Å². The van der Waals surface area contributed by atoms with Crippen molar-refractivity contribution in [1.29, 1.82) is 0 Å². The molecule has 1 amide bonds. The van der Waals surface area contributed by atoms with Gasteiger partial charge in [0.25, 0.3) is 5.91 Å². The Hall–Kier alpha value is -2.79. The van der Waals surface area contributed by atoms with Gasteiger partial charge >= 0.3 is 0 Å². The van der Waals surface area contributed by atoms with E-state index in [-0.39, 0.29) is 5.91 Å². The number of pyridine rings is 1. The van der Waals surface area contributed by atoms with Crippen molar-refractivity contribution in [3.63, 3.8) is 0 Å². The number of thiazole rings is 1. The monoisotopic (exact) mass is 305 g/mol. The first-order valence-electron chi connectivity index (χ1n) is 6.81. The van der Waals surface area contributed by atoms with E-state index in [0.717, 1.165) is 27.6 Å². The van der Waals surface area contributed by atoms with Crippen LogP contribution in [-0.4, -0.2) is 15.9 Å². The van der Waals surface area contributed by atoms with Gasteiger partial charge in [-0.15, -0.1) is 11.3 Å². The number of aromatic nitrogens is 2. The highest BCUT2D eigenvalue weighted by Gasteiger charge is 2.23. The van der Waals surface area contributed by atoms with Crippen molar-refractivity contribution in [1.82, 2.24) is 9.97 Å². The van der Waals surface area contributed by atoms with Crippen LogP contribution in [0.15, 0.2) is 54.0 Å². The fourth-order valence-corrected chi connectivity index (χ4v) is 3.14. The van der Waals surface area contributed by atoms with Gasteiger partial charge in [-0.3, -0.25) is 9.78 Å². The van der Waals surface area contributed by atoms with E-state index in [1.165, 1.54) is 11.3 Å². The number of para-hydroxylation sites is 1. The van der Waals surface area contributed by atoms with Gasteiger partial charge < -0.3 is 5.32 Å². The van der Waals surface area contributed by atoms with Crippen molar-refractivity contribution in [2.24, 2.45) is 0 Å². The minimum atomic E-state index is -0.0893. The van der Waals surface area contributed by atoms with Crippen LogP contribution in [0.1, 0.15) is 11.3 Å². The molecule has 2 aromatic heterocycles.